The van der Waals surface area contributed by atoms with Gasteiger partial charge in [-0.1, -0.05) is 29.8 Å². The molecule has 0 fully saturated rings. The lowest BCUT2D eigenvalue weighted by molar-refractivity contribution is 0.104. The first kappa shape index (κ1) is 13.3. The van der Waals surface area contributed by atoms with E-state index in [1.54, 1.807) is 24.3 Å². The Labute approximate surface area is 114 Å². The van der Waals surface area contributed by atoms with Crippen LogP contribution >= 0.6 is 11.6 Å². The predicted octanol–water partition coefficient (Wildman–Crippen LogP) is 4.08. The van der Waals surface area contributed by atoms with E-state index in [0.29, 0.717) is 10.6 Å². The number of halogens is 2. The van der Waals surface area contributed by atoms with Gasteiger partial charge in [0.15, 0.2) is 5.78 Å². The smallest absolute Gasteiger partial charge is 0.189 e. The van der Waals surface area contributed by atoms with Crippen LogP contribution in [0.1, 0.15) is 15.9 Å². The largest absolute Gasteiger partial charge is 0.507 e. The molecule has 0 saturated heterocycles. The van der Waals surface area contributed by atoms with Crippen LogP contribution in [0.15, 0.2) is 48.5 Å². The zero-order valence-corrected chi connectivity index (χ0v) is 10.6. The molecule has 0 aliphatic carbocycles. The van der Waals surface area contributed by atoms with Crippen molar-refractivity contribution >= 4 is 23.5 Å². The number of hydrogen-bond acceptors (Lipinski definition) is 2. The van der Waals surface area contributed by atoms with Crippen molar-refractivity contribution in [2.75, 3.05) is 0 Å². The van der Waals surface area contributed by atoms with Crippen molar-refractivity contribution in [2.24, 2.45) is 0 Å². The zero-order chi connectivity index (χ0) is 13.8. The Morgan fingerprint density at radius 3 is 2.68 bits per heavy atom. The van der Waals surface area contributed by atoms with Crippen LogP contribution in [0.25, 0.3) is 6.08 Å². The average molecular weight is 277 g/mol. The van der Waals surface area contributed by atoms with Gasteiger partial charge in [0.05, 0.1) is 5.56 Å². The summed E-state index contributed by atoms with van der Waals surface area (Å²) in [6.07, 6.45) is 2.77. The van der Waals surface area contributed by atoms with Gasteiger partial charge in [-0.15, -0.1) is 0 Å². The third-order valence-corrected chi connectivity index (χ3v) is 2.89. The van der Waals surface area contributed by atoms with Gasteiger partial charge in [0, 0.05) is 5.02 Å². The first-order chi connectivity index (χ1) is 9.08. The van der Waals surface area contributed by atoms with Gasteiger partial charge < -0.3 is 5.11 Å². The van der Waals surface area contributed by atoms with Gasteiger partial charge >= 0.3 is 0 Å². The van der Waals surface area contributed by atoms with Crippen LogP contribution in [0.5, 0.6) is 5.75 Å². The number of rotatable bonds is 3. The molecule has 1 N–H and O–H groups in total. The molecule has 0 bridgehead atoms. The Balaban J connectivity index is 2.26. The molecule has 2 aromatic rings. The molecule has 0 heterocycles. The third-order valence-electron chi connectivity index (χ3n) is 2.54. The van der Waals surface area contributed by atoms with Crippen LogP contribution in [0.2, 0.25) is 5.02 Å². The number of aromatic hydroxyl groups is 1. The Morgan fingerprint density at radius 2 is 1.95 bits per heavy atom. The molecule has 0 atom stereocenters. The van der Waals surface area contributed by atoms with Crippen molar-refractivity contribution in [1.82, 2.24) is 0 Å². The monoisotopic (exact) mass is 276 g/mol. The van der Waals surface area contributed by atoms with E-state index in [1.165, 1.54) is 12.2 Å². The minimum absolute atomic E-state index is 0.0803. The molecule has 2 rings (SSSR count). The number of benzene rings is 2. The highest BCUT2D eigenvalue weighted by Gasteiger charge is 2.09. The lowest BCUT2D eigenvalue weighted by atomic mass is 10.1. The van der Waals surface area contributed by atoms with Gasteiger partial charge in [0.2, 0.25) is 0 Å². The van der Waals surface area contributed by atoms with Gasteiger partial charge in [0.25, 0.3) is 0 Å². The molecule has 0 amide bonds. The maximum absolute atomic E-state index is 13.0. The second kappa shape index (κ2) is 5.67. The van der Waals surface area contributed by atoms with Crippen molar-refractivity contribution in [1.29, 1.82) is 0 Å². The minimum Gasteiger partial charge on any atom is -0.507 e. The summed E-state index contributed by atoms with van der Waals surface area (Å²) < 4.78 is 13.0. The second-order valence-electron chi connectivity index (χ2n) is 3.88. The van der Waals surface area contributed by atoms with E-state index in [-0.39, 0.29) is 11.3 Å². The molecule has 4 heteroatoms. The highest BCUT2D eigenvalue weighted by atomic mass is 35.5. The van der Waals surface area contributed by atoms with Gasteiger partial charge in [-0.2, -0.15) is 0 Å². The molecule has 2 aromatic carbocycles. The standard InChI is InChI=1S/C15H10ClFO2/c16-13-4-2-1-3-10(13)5-7-14(18)12-9-11(17)6-8-15(12)19/h1-9,19H/b7-5+. The molecule has 0 radical (unpaired) electrons. The number of allylic oxidation sites excluding steroid dienone is 1. The molecule has 0 unspecified atom stereocenters. The van der Waals surface area contributed by atoms with Crippen molar-refractivity contribution in [2.45, 2.75) is 0 Å². The van der Waals surface area contributed by atoms with Crippen LogP contribution in [0.4, 0.5) is 4.39 Å². The third kappa shape index (κ3) is 3.20. The van der Waals surface area contributed by atoms with Crippen LogP contribution in [0.3, 0.4) is 0 Å². The van der Waals surface area contributed by atoms with E-state index in [9.17, 15) is 14.3 Å². The quantitative estimate of drug-likeness (QED) is 0.677. The summed E-state index contributed by atoms with van der Waals surface area (Å²) in [7, 11) is 0. The maximum Gasteiger partial charge on any atom is 0.189 e. The highest BCUT2D eigenvalue weighted by Crippen LogP contribution is 2.20. The van der Waals surface area contributed by atoms with Gasteiger partial charge in [-0.3, -0.25) is 4.79 Å². The first-order valence-corrected chi connectivity index (χ1v) is 5.91. The molecule has 0 aromatic heterocycles. The molecule has 96 valence electrons. The molecule has 19 heavy (non-hydrogen) atoms. The fourth-order valence-electron chi connectivity index (χ4n) is 1.57. The summed E-state index contributed by atoms with van der Waals surface area (Å²) in [4.78, 5) is 11.8. The van der Waals surface area contributed by atoms with Gasteiger partial charge in [-0.25, -0.2) is 4.39 Å². The number of phenols is 1. The van der Waals surface area contributed by atoms with E-state index in [4.69, 9.17) is 11.6 Å². The normalized spacial score (nSPS) is 10.8. The Hall–Kier alpha value is -2.13. The SMILES string of the molecule is O=C(/C=C/c1ccccc1Cl)c1cc(F)ccc1O. The van der Waals surface area contributed by atoms with Crippen molar-refractivity contribution in [3.05, 3.63) is 70.5 Å². The molecular weight excluding hydrogens is 267 g/mol. The number of hydrogen-bond donors (Lipinski definition) is 1. The Kier molecular flexibility index (Phi) is 3.97. The zero-order valence-electron chi connectivity index (χ0n) is 9.81. The van der Waals surface area contributed by atoms with Crippen LogP contribution in [-0.4, -0.2) is 10.9 Å². The van der Waals surface area contributed by atoms with Gasteiger partial charge in [0.1, 0.15) is 11.6 Å². The Morgan fingerprint density at radius 1 is 1.21 bits per heavy atom. The summed E-state index contributed by atoms with van der Waals surface area (Å²) in [5.74, 6) is -1.32. The average Bonchev–Trinajstić information content (AvgIpc) is 2.40. The fraction of sp³-hybridized carbons (Fsp3) is 0. The molecule has 0 aliphatic rings. The van der Waals surface area contributed by atoms with Crippen molar-refractivity contribution in [3.63, 3.8) is 0 Å². The fourth-order valence-corrected chi connectivity index (χ4v) is 1.77. The maximum atomic E-state index is 13.0. The summed E-state index contributed by atoms with van der Waals surface area (Å²) in [5, 5.41) is 10.0. The summed E-state index contributed by atoms with van der Waals surface area (Å²) >= 11 is 5.94. The van der Waals surface area contributed by atoms with Crippen molar-refractivity contribution < 1.29 is 14.3 Å². The lowest BCUT2D eigenvalue weighted by Gasteiger charge is -2.00. The van der Waals surface area contributed by atoms with E-state index >= 15 is 0 Å². The lowest BCUT2D eigenvalue weighted by Crippen LogP contribution is -1.95. The van der Waals surface area contributed by atoms with E-state index < -0.39 is 11.6 Å². The summed E-state index contributed by atoms with van der Waals surface area (Å²) in [5.41, 5.74) is 0.594. The summed E-state index contributed by atoms with van der Waals surface area (Å²) in [6, 6.07) is 10.2. The highest BCUT2D eigenvalue weighted by molar-refractivity contribution is 6.32. The molecule has 0 spiro atoms. The Bertz CT molecular complexity index is 650. The minimum atomic E-state index is -0.577. The number of ketones is 1. The second-order valence-corrected chi connectivity index (χ2v) is 4.29. The molecular formula is C15H10ClFO2. The summed E-state index contributed by atoms with van der Waals surface area (Å²) in [6.45, 7) is 0. The van der Waals surface area contributed by atoms with E-state index in [0.717, 1.165) is 18.2 Å². The predicted molar refractivity (Wildman–Crippen MR) is 72.9 cm³/mol. The van der Waals surface area contributed by atoms with Gasteiger partial charge in [-0.05, 0) is 42.0 Å². The van der Waals surface area contributed by atoms with Crippen LogP contribution in [0, 0.1) is 5.82 Å². The molecule has 0 aliphatic heterocycles. The van der Waals surface area contributed by atoms with Crippen LogP contribution in [-0.2, 0) is 0 Å². The van der Waals surface area contributed by atoms with Crippen molar-refractivity contribution in [3.8, 4) is 5.75 Å². The van der Waals surface area contributed by atoms with E-state index in [1.807, 2.05) is 0 Å². The van der Waals surface area contributed by atoms with E-state index in [2.05, 4.69) is 0 Å². The van der Waals surface area contributed by atoms with Crippen LogP contribution < -0.4 is 0 Å². The number of phenolic OH excluding ortho intramolecular Hbond substituents is 1. The first-order valence-electron chi connectivity index (χ1n) is 5.53. The number of carbonyl (C=O) groups is 1. The number of carbonyl (C=O) groups excluding carboxylic acids is 1. The molecule has 0 saturated carbocycles. The molecule has 2 nitrogen and oxygen atoms in total. The topological polar surface area (TPSA) is 37.3 Å².